The minimum Gasteiger partial charge on any atom is -0.317 e. The minimum atomic E-state index is 0.770. The highest BCUT2D eigenvalue weighted by molar-refractivity contribution is 5.22. The van der Waals surface area contributed by atoms with E-state index in [1.54, 1.807) is 0 Å². The van der Waals surface area contributed by atoms with E-state index in [2.05, 4.69) is 50.4 Å². The van der Waals surface area contributed by atoms with Gasteiger partial charge < -0.3 is 5.32 Å². The van der Waals surface area contributed by atoms with Gasteiger partial charge in [0.1, 0.15) is 0 Å². The van der Waals surface area contributed by atoms with Crippen LogP contribution in [0, 0.1) is 12.8 Å². The van der Waals surface area contributed by atoms with Gasteiger partial charge in [0, 0.05) is 0 Å². The molecule has 1 atom stereocenters. The summed E-state index contributed by atoms with van der Waals surface area (Å²) in [4.78, 5) is 0. The first kappa shape index (κ1) is 13.2. The summed E-state index contributed by atoms with van der Waals surface area (Å²) in [6, 6.07) is 8.86. The quantitative estimate of drug-likeness (QED) is 0.691. The maximum atomic E-state index is 3.46. The third-order valence-electron chi connectivity index (χ3n) is 2.91. The Hall–Kier alpha value is -0.820. The first-order valence-corrected chi connectivity index (χ1v) is 6.48. The standard InChI is InChI=1S/C15H25N/c1-4-9-16-10-8-14(3)12-15-7-5-6-13(2)11-15/h5-7,11,14,16H,4,8-10,12H2,1-3H3. The fourth-order valence-corrected chi connectivity index (χ4v) is 1.99. The van der Waals surface area contributed by atoms with Gasteiger partial charge in [-0.1, -0.05) is 43.7 Å². The number of rotatable bonds is 7. The van der Waals surface area contributed by atoms with Crippen molar-refractivity contribution in [2.75, 3.05) is 13.1 Å². The van der Waals surface area contributed by atoms with E-state index in [0.717, 1.165) is 19.0 Å². The molecule has 0 bridgehead atoms. The van der Waals surface area contributed by atoms with E-state index < -0.39 is 0 Å². The molecule has 16 heavy (non-hydrogen) atoms. The number of benzene rings is 1. The molecular weight excluding hydrogens is 194 g/mol. The Morgan fingerprint density at radius 3 is 2.75 bits per heavy atom. The van der Waals surface area contributed by atoms with Crippen LogP contribution in [0.3, 0.4) is 0 Å². The van der Waals surface area contributed by atoms with Crippen molar-refractivity contribution in [1.29, 1.82) is 0 Å². The lowest BCUT2D eigenvalue weighted by atomic mass is 9.97. The third kappa shape index (κ3) is 5.32. The third-order valence-corrected chi connectivity index (χ3v) is 2.91. The first-order chi connectivity index (χ1) is 7.72. The van der Waals surface area contributed by atoms with E-state index >= 15 is 0 Å². The van der Waals surface area contributed by atoms with Gasteiger partial charge in [-0.3, -0.25) is 0 Å². The summed E-state index contributed by atoms with van der Waals surface area (Å²) in [5, 5.41) is 3.46. The predicted molar refractivity (Wildman–Crippen MR) is 71.8 cm³/mol. The van der Waals surface area contributed by atoms with Gasteiger partial charge in [-0.25, -0.2) is 0 Å². The maximum Gasteiger partial charge on any atom is -0.00463 e. The number of hydrogen-bond acceptors (Lipinski definition) is 1. The molecule has 0 heterocycles. The normalized spacial score (nSPS) is 12.7. The lowest BCUT2D eigenvalue weighted by Crippen LogP contribution is -2.18. The lowest BCUT2D eigenvalue weighted by Gasteiger charge is -2.12. The van der Waals surface area contributed by atoms with Crippen molar-refractivity contribution in [2.45, 2.75) is 40.0 Å². The molecule has 0 aliphatic heterocycles. The molecule has 0 saturated heterocycles. The lowest BCUT2D eigenvalue weighted by molar-refractivity contribution is 0.498. The molecule has 0 fully saturated rings. The topological polar surface area (TPSA) is 12.0 Å². The van der Waals surface area contributed by atoms with Gasteiger partial charge in [0.25, 0.3) is 0 Å². The molecule has 1 heteroatoms. The summed E-state index contributed by atoms with van der Waals surface area (Å²) < 4.78 is 0. The van der Waals surface area contributed by atoms with Gasteiger partial charge in [-0.2, -0.15) is 0 Å². The summed E-state index contributed by atoms with van der Waals surface area (Å²) >= 11 is 0. The number of aryl methyl sites for hydroxylation is 1. The van der Waals surface area contributed by atoms with Crippen molar-refractivity contribution in [1.82, 2.24) is 5.32 Å². The van der Waals surface area contributed by atoms with Crippen LogP contribution in [0.5, 0.6) is 0 Å². The molecule has 0 spiro atoms. The van der Waals surface area contributed by atoms with Crippen molar-refractivity contribution in [2.24, 2.45) is 5.92 Å². The Morgan fingerprint density at radius 2 is 2.06 bits per heavy atom. The largest absolute Gasteiger partial charge is 0.317 e. The summed E-state index contributed by atoms with van der Waals surface area (Å²) in [5.41, 5.74) is 2.84. The van der Waals surface area contributed by atoms with Gasteiger partial charge in [-0.15, -0.1) is 0 Å². The molecular formula is C15H25N. The van der Waals surface area contributed by atoms with Crippen LogP contribution in [0.15, 0.2) is 24.3 Å². The summed E-state index contributed by atoms with van der Waals surface area (Å²) in [6.07, 6.45) is 3.70. The van der Waals surface area contributed by atoms with Crippen LogP contribution in [0.2, 0.25) is 0 Å². The second kappa shape index (κ2) is 7.45. The first-order valence-electron chi connectivity index (χ1n) is 6.48. The van der Waals surface area contributed by atoms with Crippen LogP contribution in [-0.4, -0.2) is 13.1 Å². The highest BCUT2D eigenvalue weighted by Gasteiger charge is 2.03. The number of nitrogens with one attached hydrogen (secondary N) is 1. The zero-order valence-corrected chi connectivity index (χ0v) is 10.9. The van der Waals surface area contributed by atoms with E-state index in [1.165, 1.54) is 30.4 Å². The zero-order valence-electron chi connectivity index (χ0n) is 10.9. The van der Waals surface area contributed by atoms with E-state index in [-0.39, 0.29) is 0 Å². The molecule has 0 radical (unpaired) electrons. The Kier molecular flexibility index (Phi) is 6.17. The summed E-state index contributed by atoms with van der Waals surface area (Å²) in [5.74, 6) is 0.770. The van der Waals surface area contributed by atoms with E-state index in [1.807, 2.05) is 0 Å². The van der Waals surface area contributed by atoms with Crippen molar-refractivity contribution in [3.63, 3.8) is 0 Å². The zero-order chi connectivity index (χ0) is 11.8. The van der Waals surface area contributed by atoms with Gasteiger partial charge in [0.05, 0.1) is 0 Å². The van der Waals surface area contributed by atoms with Crippen molar-refractivity contribution >= 4 is 0 Å². The Balaban J connectivity index is 2.25. The molecule has 0 aromatic heterocycles. The van der Waals surface area contributed by atoms with Crippen LogP contribution >= 0.6 is 0 Å². The Bertz CT molecular complexity index is 293. The molecule has 1 rings (SSSR count). The van der Waals surface area contributed by atoms with Crippen LogP contribution in [-0.2, 0) is 6.42 Å². The van der Waals surface area contributed by atoms with Crippen molar-refractivity contribution in [3.8, 4) is 0 Å². The van der Waals surface area contributed by atoms with E-state index in [9.17, 15) is 0 Å². The molecule has 0 saturated carbocycles. The second-order valence-corrected chi connectivity index (χ2v) is 4.84. The second-order valence-electron chi connectivity index (χ2n) is 4.84. The summed E-state index contributed by atoms with van der Waals surface area (Å²) in [7, 11) is 0. The van der Waals surface area contributed by atoms with Crippen molar-refractivity contribution in [3.05, 3.63) is 35.4 Å². The molecule has 1 aromatic rings. The minimum absolute atomic E-state index is 0.770. The highest BCUT2D eigenvalue weighted by Crippen LogP contribution is 2.12. The molecule has 0 aliphatic carbocycles. The Morgan fingerprint density at radius 1 is 1.25 bits per heavy atom. The van der Waals surface area contributed by atoms with Gasteiger partial charge >= 0.3 is 0 Å². The van der Waals surface area contributed by atoms with Crippen LogP contribution in [0.25, 0.3) is 0 Å². The molecule has 90 valence electrons. The summed E-state index contributed by atoms with van der Waals surface area (Å²) in [6.45, 7) is 9.02. The van der Waals surface area contributed by atoms with Crippen LogP contribution < -0.4 is 5.32 Å². The van der Waals surface area contributed by atoms with Gasteiger partial charge in [0.15, 0.2) is 0 Å². The fourth-order valence-electron chi connectivity index (χ4n) is 1.99. The van der Waals surface area contributed by atoms with E-state index in [0.29, 0.717) is 0 Å². The number of hydrogen-bond donors (Lipinski definition) is 1. The molecule has 0 aliphatic rings. The van der Waals surface area contributed by atoms with Gasteiger partial charge in [0.2, 0.25) is 0 Å². The highest BCUT2D eigenvalue weighted by atomic mass is 14.8. The predicted octanol–water partition coefficient (Wildman–Crippen LogP) is 3.56. The maximum absolute atomic E-state index is 3.46. The molecule has 1 nitrogen and oxygen atoms in total. The monoisotopic (exact) mass is 219 g/mol. The SMILES string of the molecule is CCCNCCC(C)Cc1cccc(C)c1. The van der Waals surface area contributed by atoms with Crippen LogP contribution in [0.1, 0.15) is 37.8 Å². The average molecular weight is 219 g/mol. The molecule has 1 unspecified atom stereocenters. The molecule has 1 aromatic carbocycles. The smallest absolute Gasteiger partial charge is 0.00463 e. The van der Waals surface area contributed by atoms with Crippen LogP contribution in [0.4, 0.5) is 0 Å². The fraction of sp³-hybridized carbons (Fsp3) is 0.600. The van der Waals surface area contributed by atoms with Crippen molar-refractivity contribution < 1.29 is 0 Å². The molecule has 1 N–H and O–H groups in total. The average Bonchev–Trinajstić information content (AvgIpc) is 2.24. The Labute approximate surface area is 100 Å². The molecule has 0 amide bonds. The van der Waals surface area contributed by atoms with Gasteiger partial charge in [-0.05, 0) is 50.8 Å². The van der Waals surface area contributed by atoms with E-state index in [4.69, 9.17) is 0 Å².